The second kappa shape index (κ2) is 4.30. The predicted octanol–water partition coefficient (Wildman–Crippen LogP) is -0.336. The molecule has 1 amide bonds. The van der Waals surface area contributed by atoms with Crippen molar-refractivity contribution < 1.29 is 9.59 Å². The number of amides is 1. The van der Waals surface area contributed by atoms with Gasteiger partial charge in [-0.05, 0) is 0 Å². The molecule has 0 saturated carbocycles. The van der Waals surface area contributed by atoms with Gasteiger partial charge in [0.05, 0.1) is 0 Å². The molecule has 46 valence electrons. The lowest BCUT2D eigenvalue weighted by atomic mass is 10.4. The number of carbonyl (C=O) groups is 2. The van der Waals surface area contributed by atoms with Gasteiger partial charge < -0.3 is 9.69 Å². The lowest BCUT2D eigenvalue weighted by Crippen LogP contribution is -2.16. The van der Waals surface area contributed by atoms with Gasteiger partial charge in [-0.15, -0.1) is 0 Å². The van der Waals surface area contributed by atoms with Crippen molar-refractivity contribution in [2.75, 3.05) is 13.6 Å². The number of aldehydes is 1. The fourth-order valence-electron chi connectivity index (χ4n) is 0.309. The van der Waals surface area contributed by atoms with E-state index in [0.717, 1.165) is 6.29 Å². The molecule has 0 aliphatic rings. The second-order valence-electron chi connectivity index (χ2n) is 1.54. The Morgan fingerprint density at radius 1 is 1.50 bits per heavy atom. The Kier molecular flexibility index (Phi) is 3.84. The molecule has 3 nitrogen and oxygen atoms in total. The summed E-state index contributed by atoms with van der Waals surface area (Å²) >= 11 is 0. The molecular formula is C5H9NO2. The highest BCUT2D eigenvalue weighted by atomic mass is 16.1. The molecule has 0 atom stereocenters. The van der Waals surface area contributed by atoms with Gasteiger partial charge in [-0.2, -0.15) is 0 Å². The van der Waals surface area contributed by atoms with Crippen LogP contribution in [0.15, 0.2) is 0 Å². The van der Waals surface area contributed by atoms with Gasteiger partial charge in [0.15, 0.2) is 0 Å². The van der Waals surface area contributed by atoms with Crippen molar-refractivity contribution in [2.45, 2.75) is 6.42 Å². The van der Waals surface area contributed by atoms with Crippen LogP contribution in [0.2, 0.25) is 0 Å². The summed E-state index contributed by atoms with van der Waals surface area (Å²) < 4.78 is 0. The first-order valence-electron chi connectivity index (χ1n) is 2.40. The summed E-state index contributed by atoms with van der Waals surface area (Å²) in [6, 6.07) is 0. The van der Waals surface area contributed by atoms with Crippen LogP contribution in [0.25, 0.3) is 0 Å². The highest BCUT2D eigenvalue weighted by Gasteiger charge is 1.88. The van der Waals surface area contributed by atoms with Crippen LogP contribution in [0.1, 0.15) is 6.42 Å². The van der Waals surface area contributed by atoms with Crippen molar-refractivity contribution in [3.05, 3.63) is 0 Å². The molecule has 0 bridgehead atoms. The first kappa shape index (κ1) is 7.14. The summed E-state index contributed by atoms with van der Waals surface area (Å²) in [5.41, 5.74) is 0. The van der Waals surface area contributed by atoms with Crippen LogP contribution in [0.3, 0.4) is 0 Å². The molecule has 3 heteroatoms. The molecule has 0 spiro atoms. The zero-order valence-electron chi connectivity index (χ0n) is 4.83. The van der Waals surface area contributed by atoms with Crippen LogP contribution in [-0.2, 0) is 9.59 Å². The maximum absolute atomic E-state index is 9.82. The Morgan fingerprint density at radius 3 is 2.50 bits per heavy atom. The molecule has 0 saturated heterocycles. The van der Waals surface area contributed by atoms with Gasteiger partial charge in [0.1, 0.15) is 6.29 Å². The number of nitrogens with zero attached hydrogens (tertiary/aromatic N) is 1. The van der Waals surface area contributed by atoms with E-state index >= 15 is 0 Å². The summed E-state index contributed by atoms with van der Waals surface area (Å²) in [4.78, 5) is 20.9. The molecule has 0 aliphatic carbocycles. The van der Waals surface area contributed by atoms with E-state index in [0.29, 0.717) is 19.4 Å². The van der Waals surface area contributed by atoms with Gasteiger partial charge in [-0.3, -0.25) is 4.79 Å². The van der Waals surface area contributed by atoms with E-state index in [1.54, 1.807) is 7.05 Å². The minimum absolute atomic E-state index is 0.426. The standard InChI is InChI=1S/C5H9NO2/c1-6(5-8)3-2-4-7/h4-5H,2-3H2,1H3. The molecule has 0 aliphatic heterocycles. The smallest absolute Gasteiger partial charge is 0.209 e. The lowest BCUT2D eigenvalue weighted by Gasteiger charge is -2.04. The third-order valence-electron chi connectivity index (χ3n) is 0.780. The highest BCUT2D eigenvalue weighted by Crippen LogP contribution is 1.76. The molecule has 0 heterocycles. The van der Waals surface area contributed by atoms with E-state index < -0.39 is 0 Å². The second-order valence-corrected chi connectivity index (χ2v) is 1.54. The van der Waals surface area contributed by atoms with Crippen LogP contribution in [-0.4, -0.2) is 31.2 Å². The zero-order valence-corrected chi connectivity index (χ0v) is 4.83. The first-order chi connectivity index (χ1) is 3.81. The largest absolute Gasteiger partial charge is 0.348 e. The van der Waals surface area contributed by atoms with Gasteiger partial charge in [-0.1, -0.05) is 0 Å². The Morgan fingerprint density at radius 2 is 2.12 bits per heavy atom. The van der Waals surface area contributed by atoms with Crippen LogP contribution >= 0.6 is 0 Å². The van der Waals surface area contributed by atoms with E-state index in [9.17, 15) is 9.59 Å². The zero-order chi connectivity index (χ0) is 6.41. The van der Waals surface area contributed by atoms with Gasteiger partial charge in [-0.25, -0.2) is 0 Å². The average molecular weight is 115 g/mol. The minimum atomic E-state index is 0.426. The maximum Gasteiger partial charge on any atom is 0.209 e. The molecule has 0 aromatic heterocycles. The fraction of sp³-hybridized carbons (Fsp3) is 0.600. The summed E-state index contributed by atoms with van der Waals surface area (Å²) in [5.74, 6) is 0. The van der Waals surface area contributed by atoms with E-state index in [1.165, 1.54) is 4.90 Å². The van der Waals surface area contributed by atoms with Crippen LogP contribution in [0, 0.1) is 0 Å². The fourth-order valence-corrected chi connectivity index (χ4v) is 0.309. The van der Waals surface area contributed by atoms with Crippen LogP contribution in [0.5, 0.6) is 0 Å². The van der Waals surface area contributed by atoms with E-state index in [-0.39, 0.29) is 0 Å². The van der Waals surface area contributed by atoms with Crippen LogP contribution in [0.4, 0.5) is 0 Å². The van der Waals surface area contributed by atoms with Crippen molar-refractivity contribution >= 4 is 12.7 Å². The third-order valence-corrected chi connectivity index (χ3v) is 0.780. The first-order valence-corrected chi connectivity index (χ1v) is 2.40. The molecule has 0 rings (SSSR count). The lowest BCUT2D eigenvalue weighted by molar-refractivity contribution is -0.117. The molecule has 0 aromatic rings. The van der Waals surface area contributed by atoms with E-state index in [4.69, 9.17) is 0 Å². The number of carbonyl (C=O) groups excluding carboxylic acids is 2. The quantitative estimate of drug-likeness (QED) is 0.470. The van der Waals surface area contributed by atoms with Crippen molar-refractivity contribution in [1.29, 1.82) is 0 Å². The van der Waals surface area contributed by atoms with Crippen molar-refractivity contribution in [3.8, 4) is 0 Å². The summed E-state index contributed by atoms with van der Waals surface area (Å²) in [5, 5.41) is 0. The molecule has 0 fully saturated rings. The number of hydrogen-bond acceptors (Lipinski definition) is 2. The maximum atomic E-state index is 9.82. The van der Waals surface area contributed by atoms with E-state index in [1.807, 2.05) is 0 Å². The Labute approximate surface area is 48.3 Å². The SMILES string of the molecule is CN(C=O)CCC=O. The molecule has 0 aromatic carbocycles. The third kappa shape index (κ3) is 3.33. The van der Waals surface area contributed by atoms with Crippen molar-refractivity contribution in [2.24, 2.45) is 0 Å². The molecule has 0 N–H and O–H groups in total. The Hall–Kier alpha value is -0.860. The molecule has 0 radical (unpaired) electrons. The topological polar surface area (TPSA) is 37.4 Å². The Balaban J connectivity index is 3.09. The molecule has 0 unspecified atom stereocenters. The van der Waals surface area contributed by atoms with Gasteiger partial charge >= 0.3 is 0 Å². The summed E-state index contributed by atoms with van der Waals surface area (Å²) in [6.45, 7) is 0.521. The normalized spacial score (nSPS) is 8.12. The molecule has 8 heavy (non-hydrogen) atoms. The van der Waals surface area contributed by atoms with Gasteiger partial charge in [0.2, 0.25) is 6.41 Å². The summed E-state index contributed by atoms with van der Waals surface area (Å²) in [7, 11) is 1.64. The number of rotatable bonds is 4. The van der Waals surface area contributed by atoms with Crippen LogP contribution < -0.4 is 0 Å². The van der Waals surface area contributed by atoms with Crippen molar-refractivity contribution in [3.63, 3.8) is 0 Å². The minimum Gasteiger partial charge on any atom is -0.348 e. The number of hydrogen-bond donors (Lipinski definition) is 0. The molecular weight excluding hydrogens is 106 g/mol. The van der Waals surface area contributed by atoms with Gasteiger partial charge in [0.25, 0.3) is 0 Å². The Bertz CT molecular complexity index is 82.5. The van der Waals surface area contributed by atoms with Crippen molar-refractivity contribution in [1.82, 2.24) is 4.90 Å². The average Bonchev–Trinajstić information content (AvgIpc) is 1.83. The predicted molar refractivity (Wildman–Crippen MR) is 29.4 cm³/mol. The van der Waals surface area contributed by atoms with Gasteiger partial charge in [0, 0.05) is 20.0 Å². The highest BCUT2D eigenvalue weighted by molar-refractivity contribution is 5.52. The summed E-state index contributed by atoms with van der Waals surface area (Å²) in [6.07, 6.45) is 1.92. The monoisotopic (exact) mass is 115 g/mol. The van der Waals surface area contributed by atoms with E-state index in [2.05, 4.69) is 0 Å².